The number of carbonyl (C=O) groups excluding carboxylic acids is 1. The highest BCUT2D eigenvalue weighted by atomic mass is 35.5. The van der Waals surface area contributed by atoms with Crippen molar-refractivity contribution in [2.24, 2.45) is 0 Å². The Morgan fingerprint density at radius 1 is 1.39 bits per heavy atom. The molecule has 18 heavy (non-hydrogen) atoms. The Balaban J connectivity index is 3.04. The van der Waals surface area contributed by atoms with E-state index in [9.17, 15) is 4.79 Å². The fourth-order valence-corrected chi connectivity index (χ4v) is 2.05. The molecular formula is C13H20ClN3O. The van der Waals surface area contributed by atoms with Crippen molar-refractivity contribution in [3.8, 4) is 0 Å². The third-order valence-electron chi connectivity index (χ3n) is 2.78. The van der Waals surface area contributed by atoms with Crippen LogP contribution in [0.5, 0.6) is 0 Å². The molecule has 0 unspecified atom stereocenters. The summed E-state index contributed by atoms with van der Waals surface area (Å²) in [4.78, 5) is 13.5. The first kappa shape index (κ1) is 14.8. The number of benzene rings is 1. The standard InChI is InChI=1S/C13H20ClN3O/c1-4-17(9-13(18)16-3)12-7-5-6-11(14)10(12)8-15-2/h5-7,15H,4,8-9H2,1-3H3,(H,16,18). The average molecular weight is 270 g/mol. The number of hydrogen-bond donors (Lipinski definition) is 2. The summed E-state index contributed by atoms with van der Waals surface area (Å²) < 4.78 is 0. The van der Waals surface area contributed by atoms with Crippen molar-refractivity contribution >= 4 is 23.2 Å². The van der Waals surface area contributed by atoms with Crippen LogP contribution in [0.4, 0.5) is 5.69 Å². The molecule has 0 atom stereocenters. The lowest BCUT2D eigenvalue weighted by Crippen LogP contribution is -2.36. The number of rotatable bonds is 6. The van der Waals surface area contributed by atoms with E-state index < -0.39 is 0 Å². The van der Waals surface area contributed by atoms with Crippen molar-refractivity contribution in [2.75, 3.05) is 32.1 Å². The van der Waals surface area contributed by atoms with Crippen LogP contribution in [0.15, 0.2) is 18.2 Å². The lowest BCUT2D eigenvalue weighted by molar-refractivity contribution is -0.119. The van der Waals surface area contributed by atoms with Gasteiger partial charge in [-0.15, -0.1) is 0 Å². The Labute approximate surface area is 113 Å². The third-order valence-corrected chi connectivity index (χ3v) is 3.14. The molecule has 0 aliphatic carbocycles. The van der Waals surface area contributed by atoms with Gasteiger partial charge in [0, 0.05) is 36.4 Å². The molecule has 100 valence electrons. The van der Waals surface area contributed by atoms with E-state index in [0.717, 1.165) is 22.8 Å². The van der Waals surface area contributed by atoms with E-state index in [1.165, 1.54) is 0 Å². The van der Waals surface area contributed by atoms with Crippen LogP contribution in [0.2, 0.25) is 5.02 Å². The molecule has 2 N–H and O–H groups in total. The summed E-state index contributed by atoms with van der Waals surface area (Å²) in [5.41, 5.74) is 2.02. The molecule has 1 aromatic carbocycles. The van der Waals surface area contributed by atoms with Gasteiger partial charge in [-0.25, -0.2) is 0 Å². The van der Waals surface area contributed by atoms with Crippen LogP contribution in [-0.2, 0) is 11.3 Å². The number of hydrogen-bond acceptors (Lipinski definition) is 3. The topological polar surface area (TPSA) is 44.4 Å². The fraction of sp³-hybridized carbons (Fsp3) is 0.462. The van der Waals surface area contributed by atoms with E-state index >= 15 is 0 Å². The Kier molecular flexibility index (Phi) is 5.95. The SMILES string of the molecule is CCN(CC(=O)NC)c1cccc(Cl)c1CNC. The first-order chi connectivity index (χ1) is 8.63. The zero-order valence-corrected chi connectivity index (χ0v) is 11.8. The van der Waals surface area contributed by atoms with Gasteiger partial charge in [0.2, 0.25) is 5.91 Å². The predicted molar refractivity (Wildman–Crippen MR) is 76.2 cm³/mol. The molecule has 0 heterocycles. The van der Waals surface area contributed by atoms with Gasteiger partial charge in [-0.05, 0) is 26.1 Å². The van der Waals surface area contributed by atoms with Crippen molar-refractivity contribution in [3.05, 3.63) is 28.8 Å². The Morgan fingerprint density at radius 2 is 2.11 bits per heavy atom. The summed E-state index contributed by atoms with van der Waals surface area (Å²) in [5, 5.41) is 6.46. The molecule has 4 nitrogen and oxygen atoms in total. The molecule has 1 amide bonds. The smallest absolute Gasteiger partial charge is 0.239 e. The van der Waals surface area contributed by atoms with Crippen molar-refractivity contribution in [1.29, 1.82) is 0 Å². The second kappa shape index (κ2) is 7.24. The van der Waals surface area contributed by atoms with E-state index in [2.05, 4.69) is 10.6 Å². The number of nitrogens with one attached hydrogen (secondary N) is 2. The van der Waals surface area contributed by atoms with Crippen molar-refractivity contribution in [2.45, 2.75) is 13.5 Å². The first-order valence-corrected chi connectivity index (χ1v) is 6.39. The van der Waals surface area contributed by atoms with Gasteiger partial charge in [0.05, 0.1) is 6.54 Å². The number of likely N-dealkylation sites (N-methyl/N-ethyl adjacent to an activating group) is 2. The monoisotopic (exact) mass is 269 g/mol. The zero-order valence-electron chi connectivity index (χ0n) is 11.1. The van der Waals surface area contributed by atoms with Crippen LogP contribution in [0.3, 0.4) is 0 Å². The second-order valence-corrected chi connectivity index (χ2v) is 4.36. The summed E-state index contributed by atoms with van der Waals surface area (Å²) in [7, 11) is 3.52. The molecule has 0 radical (unpaired) electrons. The van der Waals surface area contributed by atoms with E-state index in [0.29, 0.717) is 13.1 Å². The summed E-state index contributed by atoms with van der Waals surface area (Å²) in [6.45, 7) is 3.79. The molecule has 0 spiro atoms. The number of nitrogens with zero attached hydrogens (tertiary/aromatic N) is 1. The van der Waals surface area contributed by atoms with Gasteiger partial charge >= 0.3 is 0 Å². The van der Waals surface area contributed by atoms with Crippen LogP contribution >= 0.6 is 11.6 Å². The molecule has 1 aromatic rings. The maximum Gasteiger partial charge on any atom is 0.239 e. The molecule has 0 fully saturated rings. The lowest BCUT2D eigenvalue weighted by atomic mass is 10.1. The maximum atomic E-state index is 11.5. The quantitative estimate of drug-likeness (QED) is 0.825. The largest absolute Gasteiger partial charge is 0.362 e. The number of carbonyl (C=O) groups is 1. The normalized spacial score (nSPS) is 10.2. The molecule has 0 aliphatic rings. The molecule has 0 saturated heterocycles. The summed E-state index contributed by atoms with van der Waals surface area (Å²) in [6, 6.07) is 5.76. The highest BCUT2D eigenvalue weighted by Crippen LogP contribution is 2.27. The Bertz CT molecular complexity index is 409. The molecule has 0 saturated carbocycles. The van der Waals surface area contributed by atoms with Gasteiger partial charge in [0.15, 0.2) is 0 Å². The van der Waals surface area contributed by atoms with Crippen LogP contribution < -0.4 is 15.5 Å². The van der Waals surface area contributed by atoms with Crippen molar-refractivity contribution < 1.29 is 4.79 Å². The number of halogens is 1. The highest BCUT2D eigenvalue weighted by Gasteiger charge is 2.14. The van der Waals surface area contributed by atoms with Crippen LogP contribution in [0.1, 0.15) is 12.5 Å². The minimum Gasteiger partial charge on any atom is -0.362 e. The molecule has 0 bridgehead atoms. The van der Waals surface area contributed by atoms with E-state index in [1.807, 2.05) is 37.1 Å². The predicted octanol–water partition coefficient (Wildman–Crippen LogP) is 1.63. The fourth-order valence-electron chi connectivity index (χ4n) is 1.82. The van der Waals surface area contributed by atoms with Crippen molar-refractivity contribution in [3.63, 3.8) is 0 Å². The number of amides is 1. The molecule has 5 heteroatoms. The minimum absolute atomic E-state index is 0.00719. The Hall–Kier alpha value is -1.26. The van der Waals surface area contributed by atoms with Gasteiger partial charge in [-0.2, -0.15) is 0 Å². The van der Waals surface area contributed by atoms with Crippen LogP contribution in [-0.4, -0.2) is 33.1 Å². The van der Waals surface area contributed by atoms with Crippen LogP contribution in [0, 0.1) is 0 Å². The third kappa shape index (κ3) is 3.62. The zero-order chi connectivity index (χ0) is 13.5. The van der Waals surface area contributed by atoms with Crippen LogP contribution in [0.25, 0.3) is 0 Å². The Morgan fingerprint density at radius 3 is 2.67 bits per heavy atom. The molecule has 0 aliphatic heterocycles. The van der Waals surface area contributed by atoms with Gasteiger partial charge < -0.3 is 15.5 Å². The summed E-state index contributed by atoms with van der Waals surface area (Å²) >= 11 is 6.21. The highest BCUT2D eigenvalue weighted by molar-refractivity contribution is 6.31. The maximum absolute atomic E-state index is 11.5. The van der Waals surface area contributed by atoms with Gasteiger partial charge in [0.25, 0.3) is 0 Å². The van der Waals surface area contributed by atoms with Gasteiger partial charge in [-0.3, -0.25) is 4.79 Å². The van der Waals surface area contributed by atoms with E-state index in [1.54, 1.807) is 7.05 Å². The first-order valence-electron chi connectivity index (χ1n) is 6.01. The van der Waals surface area contributed by atoms with Crippen molar-refractivity contribution in [1.82, 2.24) is 10.6 Å². The molecule has 1 rings (SSSR count). The average Bonchev–Trinajstić information content (AvgIpc) is 2.38. The van der Waals surface area contributed by atoms with Gasteiger partial charge in [0.1, 0.15) is 0 Å². The van der Waals surface area contributed by atoms with Gasteiger partial charge in [-0.1, -0.05) is 17.7 Å². The van der Waals surface area contributed by atoms with E-state index in [4.69, 9.17) is 11.6 Å². The second-order valence-electron chi connectivity index (χ2n) is 3.96. The minimum atomic E-state index is -0.00719. The molecule has 0 aromatic heterocycles. The lowest BCUT2D eigenvalue weighted by Gasteiger charge is -2.25. The molecular weight excluding hydrogens is 250 g/mol. The summed E-state index contributed by atoms with van der Waals surface area (Å²) in [5.74, 6) is -0.00719. The summed E-state index contributed by atoms with van der Waals surface area (Å²) in [6.07, 6.45) is 0. The van der Waals surface area contributed by atoms with E-state index in [-0.39, 0.29) is 5.91 Å². The number of anilines is 1.